The minimum Gasteiger partial charge on any atom is -0.356 e. The van der Waals surface area contributed by atoms with Crippen molar-refractivity contribution >= 4 is 11.7 Å². The minimum absolute atomic E-state index is 0.173. The summed E-state index contributed by atoms with van der Waals surface area (Å²) in [6.07, 6.45) is -7.14. The Morgan fingerprint density at radius 3 is 2.10 bits per heavy atom. The number of nitrogens with zero attached hydrogens (tertiary/aromatic N) is 2. The average Bonchev–Trinajstić information content (AvgIpc) is 2.67. The average molecular weight is 423 g/mol. The summed E-state index contributed by atoms with van der Waals surface area (Å²) in [6.45, 7) is 1.40. The Bertz CT molecular complexity index is 693. The lowest BCUT2D eigenvalue weighted by atomic mass is 9.77. The van der Waals surface area contributed by atoms with Crippen LogP contribution in [0.25, 0.3) is 0 Å². The largest absolute Gasteiger partial charge is 0.391 e. The molecule has 0 spiro atoms. The van der Waals surface area contributed by atoms with Crippen molar-refractivity contribution in [3.63, 3.8) is 0 Å². The van der Waals surface area contributed by atoms with Gasteiger partial charge < -0.3 is 10.2 Å². The number of anilines is 1. The number of nitrogens with one attached hydrogen (secondary N) is 1. The monoisotopic (exact) mass is 423 g/mol. The summed E-state index contributed by atoms with van der Waals surface area (Å²) < 4.78 is 78.9. The molecule has 1 aliphatic heterocycles. The molecule has 4 nitrogen and oxygen atoms in total. The first-order valence-electron chi connectivity index (χ1n) is 9.70. The van der Waals surface area contributed by atoms with Crippen LogP contribution in [0.1, 0.15) is 48.9 Å². The van der Waals surface area contributed by atoms with Crippen LogP contribution in [0.2, 0.25) is 0 Å². The molecule has 1 saturated carbocycles. The first-order valence-corrected chi connectivity index (χ1v) is 9.70. The van der Waals surface area contributed by atoms with Crippen LogP contribution in [0.4, 0.5) is 32.2 Å². The molecule has 1 aliphatic carbocycles. The highest BCUT2D eigenvalue weighted by Crippen LogP contribution is 2.45. The second-order valence-corrected chi connectivity index (χ2v) is 7.78. The van der Waals surface area contributed by atoms with Gasteiger partial charge >= 0.3 is 12.4 Å². The Kier molecular flexibility index (Phi) is 6.28. The van der Waals surface area contributed by atoms with Gasteiger partial charge in [-0.3, -0.25) is 4.79 Å². The van der Waals surface area contributed by atoms with E-state index in [0.29, 0.717) is 18.9 Å². The highest BCUT2D eigenvalue weighted by Gasteiger charge is 2.52. The number of alkyl halides is 6. The second-order valence-electron chi connectivity index (χ2n) is 7.78. The number of carbonyl (C=O) groups excluding carboxylic acids is 1. The number of amides is 1. The molecule has 2 fully saturated rings. The van der Waals surface area contributed by atoms with Crippen LogP contribution < -0.4 is 10.2 Å². The highest BCUT2D eigenvalue weighted by atomic mass is 19.4. The van der Waals surface area contributed by atoms with E-state index in [-0.39, 0.29) is 5.56 Å². The van der Waals surface area contributed by atoms with Gasteiger partial charge in [0.25, 0.3) is 5.91 Å². The van der Waals surface area contributed by atoms with E-state index in [2.05, 4.69) is 10.3 Å². The van der Waals surface area contributed by atoms with Gasteiger partial charge in [0, 0.05) is 25.3 Å². The standard InChI is InChI=1S/C19H23F6N3O/c20-18(21,22)12-9-13(19(23,24)25)11-14(10-12)27-17(29)15-5-4-6-26-16(15)28-7-2-1-3-8-28/h4-6,12-14H,1-3,7-11H2,(H,27,29)/t12-,13-/m0/s1. The third-order valence-corrected chi connectivity index (χ3v) is 5.66. The predicted octanol–water partition coefficient (Wildman–Crippen LogP) is 4.71. The van der Waals surface area contributed by atoms with E-state index in [1.54, 1.807) is 0 Å². The summed E-state index contributed by atoms with van der Waals surface area (Å²) in [5.41, 5.74) is 0.173. The quantitative estimate of drug-likeness (QED) is 0.717. The van der Waals surface area contributed by atoms with Crippen LogP contribution in [0.3, 0.4) is 0 Å². The van der Waals surface area contributed by atoms with Gasteiger partial charge in [0.05, 0.1) is 17.4 Å². The zero-order valence-corrected chi connectivity index (χ0v) is 15.7. The summed E-state index contributed by atoms with van der Waals surface area (Å²) in [5, 5.41) is 2.41. The summed E-state index contributed by atoms with van der Waals surface area (Å²) in [6, 6.07) is 1.82. The third kappa shape index (κ3) is 5.33. The maximum Gasteiger partial charge on any atom is 0.391 e. The van der Waals surface area contributed by atoms with Crippen LogP contribution in [-0.2, 0) is 0 Å². The van der Waals surface area contributed by atoms with Crippen molar-refractivity contribution in [1.29, 1.82) is 0 Å². The molecule has 162 valence electrons. The first-order chi connectivity index (χ1) is 13.6. The summed E-state index contributed by atoms with van der Waals surface area (Å²) in [4.78, 5) is 18.9. The van der Waals surface area contributed by atoms with Gasteiger partial charge in [0.15, 0.2) is 0 Å². The van der Waals surface area contributed by atoms with E-state index >= 15 is 0 Å². The number of pyridine rings is 1. The lowest BCUT2D eigenvalue weighted by Gasteiger charge is -2.37. The number of halogens is 6. The van der Waals surface area contributed by atoms with Crippen LogP contribution in [0.15, 0.2) is 18.3 Å². The van der Waals surface area contributed by atoms with Gasteiger partial charge in [-0.2, -0.15) is 26.3 Å². The minimum atomic E-state index is -4.74. The lowest BCUT2D eigenvalue weighted by Crippen LogP contribution is -2.47. The summed E-state index contributed by atoms with van der Waals surface area (Å²) >= 11 is 0. The zero-order chi connectivity index (χ0) is 21.2. The maximum atomic E-state index is 13.1. The molecule has 1 amide bonds. The second kappa shape index (κ2) is 8.39. The molecular formula is C19H23F6N3O. The smallest absolute Gasteiger partial charge is 0.356 e. The van der Waals surface area contributed by atoms with Gasteiger partial charge in [-0.05, 0) is 50.7 Å². The molecule has 1 aromatic heterocycles. The maximum absolute atomic E-state index is 13.1. The molecule has 0 bridgehead atoms. The third-order valence-electron chi connectivity index (χ3n) is 5.66. The Labute approximate surface area is 164 Å². The Hall–Kier alpha value is -2.00. The normalized spacial score (nSPS) is 26.3. The van der Waals surface area contributed by atoms with Crippen molar-refractivity contribution < 1.29 is 31.1 Å². The number of piperidine rings is 1. The molecule has 2 heterocycles. The fourth-order valence-corrected chi connectivity index (χ4v) is 4.17. The molecule has 2 atom stereocenters. The van der Waals surface area contributed by atoms with E-state index in [9.17, 15) is 31.1 Å². The van der Waals surface area contributed by atoms with Crippen molar-refractivity contribution in [3.8, 4) is 0 Å². The molecule has 29 heavy (non-hydrogen) atoms. The Morgan fingerprint density at radius 2 is 1.55 bits per heavy atom. The Morgan fingerprint density at radius 1 is 0.966 bits per heavy atom. The van der Waals surface area contributed by atoms with Crippen LogP contribution in [0, 0.1) is 11.8 Å². The van der Waals surface area contributed by atoms with E-state index in [4.69, 9.17) is 0 Å². The number of carbonyl (C=O) groups is 1. The van der Waals surface area contributed by atoms with Crippen molar-refractivity contribution in [3.05, 3.63) is 23.9 Å². The van der Waals surface area contributed by atoms with Crippen molar-refractivity contribution in [1.82, 2.24) is 10.3 Å². The van der Waals surface area contributed by atoms with Crippen LogP contribution in [-0.4, -0.2) is 42.4 Å². The molecule has 1 aromatic rings. The summed E-state index contributed by atoms with van der Waals surface area (Å²) in [5.74, 6) is -4.46. The lowest BCUT2D eigenvalue weighted by molar-refractivity contribution is -0.225. The van der Waals surface area contributed by atoms with Crippen molar-refractivity contribution in [2.24, 2.45) is 11.8 Å². The molecule has 2 aliphatic rings. The van der Waals surface area contributed by atoms with Gasteiger partial charge in [-0.15, -0.1) is 0 Å². The van der Waals surface area contributed by atoms with E-state index < -0.39 is 55.4 Å². The van der Waals surface area contributed by atoms with Crippen LogP contribution in [0.5, 0.6) is 0 Å². The molecule has 0 unspecified atom stereocenters. The molecule has 0 radical (unpaired) electrons. The zero-order valence-electron chi connectivity index (χ0n) is 15.7. The molecule has 1 N–H and O–H groups in total. The van der Waals surface area contributed by atoms with Crippen molar-refractivity contribution in [2.75, 3.05) is 18.0 Å². The van der Waals surface area contributed by atoms with E-state index in [0.717, 1.165) is 19.3 Å². The Balaban J connectivity index is 1.77. The number of hydrogen-bond acceptors (Lipinski definition) is 3. The fraction of sp³-hybridized carbons (Fsp3) is 0.684. The number of hydrogen-bond donors (Lipinski definition) is 1. The molecule has 1 saturated heterocycles. The molecule has 0 aromatic carbocycles. The number of aromatic nitrogens is 1. The fourth-order valence-electron chi connectivity index (χ4n) is 4.17. The molecule has 3 rings (SSSR count). The van der Waals surface area contributed by atoms with Gasteiger partial charge in [0.1, 0.15) is 5.82 Å². The van der Waals surface area contributed by atoms with E-state index in [1.165, 1.54) is 18.3 Å². The van der Waals surface area contributed by atoms with Gasteiger partial charge in [-0.1, -0.05) is 0 Å². The SMILES string of the molecule is O=C(NC1C[C@@H](C(F)(F)F)C[C@H](C(F)(F)F)C1)c1cccnc1N1CCCCC1. The van der Waals surface area contributed by atoms with Crippen molar-refractivity contribution in [2.45, 2.75) is 56.9 Å². The summed E-state index contributed by atoms with van der Waals surface area (Å²) in [7, 11) is 0. The topological polar surface area (TPSA) is 45.2 Å². The molecule has 10 heteroatoms. The number of rotatable bonds is 3. The van der Waals surface area contributed by atoms with Crippen LogP contribution >= 0.6 is 0 Å². The molecular weight excluding hydrogens is 400 g/mol. The van der Waals surface area contributed by atoms with Gasteiger partial charge in [-0.25, -0.2) is 4.98 Å². The predicted molar refractivity (Wildman–Crippen MR) is 94.5 cm³/mol. The van der Waals surface area contributed by atoms with Gasteiger partial charge in [0.2, 0.25) is 0 Å². The first kappa shape index (κ1) is 21.7. The van der Waals surface area contributed by atoms with E-state index in [1.807, 2.05) is 4.90 Å². The highest BCUT2D eigenvalue weighted by molar-refractivity contribution is 5.99.